The van der Waals surface area contributed by atoms with Crippen LogP contribution in [-0.4, -0.2) is 142 Å². The highest BCUT2D eigenvalue weighted by Crippen LogP contribution is 2.27. The number of esters is 1. The molecule has 0 radical (unpaired) electrons. The maximum Gasteiger partial charge on any atom is 0.306 e. The Kier molecular flexibility index (Phi) is 52.7. The SMILES string of the molecule is CC/C=C\C/C=C\C/C=C\C/C=C\CCCCCCCCCCCCCCCOCC(COC1OC(COC2OC(CO)C(O)C(O)C2O)C(O)C(O)C1O)OC(=O)CCCCCCCCCCCCCCC/C=C\CCCCCCCCCC. The first kappa shape index (κ1) is 78.8. The second-order valence-corrected chi connectivity index (χ2v) is 24.3. The van der Waals surface area contributed by atoms with Crippen LogP contribution in [0.5, 0.6) is 0 Å². The molecule has 2 rings (SSSR count). The van der Waals surface area contributed by atoms with Gasteiger partial charge in [0.05, 0.1) is 26.4 Å². The Morgan fingerprint density at radius 1 is 0.400 bits per heavy atom. The van der Waals surface area contributed by atoms with E-state index in [4.69, 9.17) is 28.4 Å². The lowest BCUT2D eigenvalue weighted by Gasteiger charge is -2.42. The third-order valence-corrected chi connectivity index (χ3v) is 16.5. The minimum atomic E-state index is -1.71. The number of ether oxygens (including phenoxy) is 6. The van der Waals surface area contributed by atoms with Crippen LogP contribution in [0.15, 0.2) is 60.8 Å². The first-order valence-corrected chi connectivity index (χ1v) is 34.9. The number of hydrogen-bond donors (Lipinski definition) is 7. The molecule has 0 aliphatic carbocycles. The Balaban J connectivity index is 1.63. The van der Waals surface area contributed by atoms with Crippen LogP contribution in [-0.2, 0) is 33.2 Å². The summed E-state index contributed by atoms with van der Waals surface area (Å²) in [7, 11) is 0. The van der Waals surface area contributed by atoms with Crippen molar-refractivity contribution in [2.24, 2.45) is 0 Å². The molecule has 2 fully saturated rings. The molecule has 0 bridgehead atoms. The van der Waals surface area contributed by atoms with Gasteiger partial charge in [0.2, 0.25) is 0 Å². The van der Waals surface area contributed by atoms with Crippen LogP contribution < -0.4 is 0 Å². The number of carbonyl (C=O) groups is 1. The quantitative estimate of drug-likeness (QED) is 0.0171. The molecule has 0 aromatic heterocycles. The number of hydrogen-bond acceptors (Lipinski definition) is 14. The molecule has 0 spiro atoms. The van der Waals surface area contributed by atoms with Crippen molar-refractivity contribution in [1.82, 2.24) is 0 Å². The monoisotopic (exact) mass is 1200 g/mol. The zero-order valence-electron chi connectivity index (χ0n) is 53.8. The maximum absolute atomic E-state index is 13.2. The van der Waals surface area contributed by atoms with Crippen molar-refractivity contribution in [3.63, 3.8) is 0 Å². The predicted octanol–water partition coefficient (Wildman–Crippen LogP) is 14.8. The van der Waals surface area contributed by atoms with E-state index in [0.29, 0.717) is 13.0 Å². The van der Waals surface area contributed by atoms with E-state index in [2.05, 4.69) is 74.6 Å². The fraction of sp³-hybridized carbons (Fsp3) is 0.845. The number of aliphatic hydroxyl groups is 7. The van der Waals surface area contributed by atoms with Crippen molar-refractivity contribution in [2.45, 2.75) is 351 Å². The largest absolute Gasteiger partial charge is 0.457 e. The van der Waals surface area contributed by atoms with E-state index in [0.717, 1.165) is 64.2 Å². The molecule has 11 atom stereocenters. The Hall–Kier alpha value is -2.31. The Morgan fingerprint density at radius 2 is 0.765 bits per heavy atom. The summed E-state index contributed by atoms with van der Waals surface area (Å²) in [6.45, 7) is 3.62. The smallest absolute Gasteiger partial charge is 0.306 e. The van der Waals surface area contributed by atoms with Gasteiger partial charge in [0.25, 0.3) is 0 Å². The summed E-state index contributed by atoms with van der Waals surface area (Å²) in [6.07, 6.45) is 57.2. The molecule has 11 unspecified atom stereocenters. The fourth-order valence-electron chi connectivity index (χ4n) is 11.0. The molecule has 85 heavy (non-hydrogen) atoms. The first-order chi connectivity index (χ1) is 41.6. The van der Waals surface area contributed by atoms with Gasteiger partial charge in [-0.1, -0.05) is 261 Å². The second kappa shape index (κ2) is 56.9. The molecule has 2 aliphatic heterocycles. The molecule has 496 valence electrons. The Bertz CT molecular complexity index is 1640. The Morgan fingerprint density at radius 3 is 1.21 bits per heavy atom. The van der Waals surface area contributed by atoms with E-state index >= 15 is 0 Å². The molecule has 7 N–H and O–H groups in total. The van der Waals surface area contributed by atoms with Gasteiger partial charge in [-0.05, 0) is 77.0 Å². The van der Waals surface area contributed by atoms with E-state index in [9.17, 15) is 40.5 Å². The van der Waals surface area contributed by atoms with E-state index in [1.807, 2.05) is 0 Å². The zero-order chi connectivity index (χ0) is 61.5. The highest BCUT2D eigenvalue weighted by Gasteiger charge is 2.47. The zero-order valence-corrected chi connectivity index (χ0v) is 53.8. The summed E-state index contributed by atoms with van der Waals surface area (Å²) in [5, 5.41) is 72.6. The summed E-state index contributed by atoms with van der Waals surface area (Å²) in [5.74, 6) is -0.373. The molecular formula is C71H128O14. The van der Waals surface area contributed by atoms with Gasteiger partial charge in [-0.2, -0.15) is 0 Å². The van der Waals surface area contributed by atoms with Crippen LogP contribution in [0.25, 0.3) is 0 Å². The topological polar surface area (TPSA) is 214 Å². The fourth-order valence-corrected chi connectivity index (χ4v) is 11.0. The van der Waals surface area contributed by atoms with E-state index < -0.39 is 80.7 Å². The maximum atomic E-state index is 13.2. The highest BCUT2D eigenvalue weighted by atomic mass is 16.7. The summed E-state index contributed by atoms with van der Waals surface area (Å²) in [4.78, 5) is 13.2. The van der Waals surface area contributed by atoms with Gasteiger partial charge in [0.15, 0.2) is 12.6 Å². The molecule has 2 saturated heterocycles. The minimum Gasteiger partial charge on any atom is -0.457 e. The lowest BCUT2D eigenvalue weighted by molar-refractivity contribution is -0.332. The summed E-state index contributed by atoms with van der Waals surface area (Å²) in [5.41, 5.74) is 0. The molecule has 0 amide bonds. The third-order valence-electron chi connectivity index (χ3n) is 16.5. The normalized spacial score (nSPS) is 23.5. The number of aliphatic hydroxyl groups excluding tert-OH is 7. The third kappa shape index (κ3) is 42.3. The van der Waals surface area contributed by atoms with E-state index in [1.165, 1.54) is 193 Å². The van der Waals surface area contributed by atoms with Crippen LogP contribution in [0.2, 0.25) is 0 Å². The summed E-state index contributed by atoms with van der Waals surface area (Å²) >= 11 is 0. The predicted molar refractivity (Wildman–Crippen MR) is 344 cm³/mol. The number of unbranched alkanes of at least 4 members (excludes halogenated alkanes) is 34. The molecule has 2 aliphatic rings. The molecule has 14 nitrogen and oxygen atoms in total. The van der Waals surface area contributed by atoms with Gasteiger partial charge in [-0.25, -0.2) is 0 Å². The lowest BCUT2D eigenvalue weighted by Crippen LogP contribution is -2.61. The lowest BCUT2D eigenvalue weighted by atomic mass is 9.98. The van der Waals surface area contributed by atoms with Crippen LogP contribution >= 0.6 is 0 Å². The number of rotatable bonds is 58. The van der Waals surface area contributed by atoms with Crippen molar-refractivity contribution < 1.29 is 69.0 Å². The molecule has 0 saturated carbocycles. The highest BCUT2D eigenvalue weighted by molar-refractivity contribution is 5.69. The summed E-state index contributed by atoms with van der Waals surface area (Å²) < 4.78 is 34.6. The van der Waals surface area contributed by atoms with Gasteiger partial charge in [-0.3, -0.25) is 4.79 Å². The van der Waals surface area contributed by atoms with Crippen molar-refractivity contribution in [3.8, 4) is 0 Å². The molecule has 0 aromatic carbocycles. The van der Waals surface area contributed by atoms with Crippen LogP contribution in [0, 0.1) is 0 Å². The van der Waals surface area contributed by atoms with Crippen molar-refractivity contribution in [3.05, 3.63) is 60.8 Å². The van der Waals surface area contributed by atoms with Gasteiger partial charge >= 0.3 is 5.97 Å². The standard InChI is InChI=1S/C71H128O14/c1-3-5-7-9-11-13-15-17-19-21-23-25-27-29-31-33-35-37-39-41-43-45-47-49-51-53-55-80-57-60(58-81-70-69(79)67(77)65(75)62(85-70)59-82-71-68(78)66(76)64(74)61(56-72)84-71)83-63(73)54-52-50-48-46-44-42-40-38-36-34-32-30-28-26-24-22-20-18-16-14-12-10-8-6-4-2/h5,7,11,13,17,19,22-25,60-62,64-72,74-79H,3-4,6,8-10,12,14-16,18,20-21,26-59H2,1-2H3/b7-5-,13-11-,19-17-,24-22-,25-23-. The molecule has 2 heterocycles. The van der Waals surface area contributed by atoms with Gasteiger partial charge in [0.1, 0.15) is 54.9 Å². The average molecular weight is 1210 g/mol. The van der Waals surface area contributed by atoms with Crippen molar-refractivity contribution >= 4 is 5.97 Å². The molecule has 0 aromatic rings. The molecular weight excluding hydrogens is 1080 g/mol. The number of carbonyl (C=O) groups excluding carboxylic acids is 1. The summed E-state index contributed by atoms with van der Waals surface area (Å²) in [6, 6.07) is 0. The van der Waals surface area contributed by atoms with Crippen LogP contribution in [0.3, 0.4) is 0 Å². The van der Waals surface area contributed by atoms with E-state index in [1.54, 1.807) is 0 Å². The molecule has 14 heteroatoms. The van der Waals surface area contributed by atoms with Gasteiger partial charge in [0, 0.05) is 13.0 Å². The van der Waals surface area contributed by atoms with Crippen molar-refractivity contribution in [2.75, 3.05) is 33.0 Å². The Labute approximate surface area is 517 Å². The van der Waals surface area contributed by atoms with Crippen molar-refractivity contribution in [1.29, 1.82) is 0 Å². The first-order valence-electron chi connectivity index (χ1n) is 34.9. The second-order valence-electron chi connectivity index (χ2n) is 24.3. The van der Waals surface area contributed by atoms with E-state index in [-0.39, 0.29) is 25.6 Å². The van der Waals surface area contributed by atoms with Gasteiger partial charge in [-0.15, -0.1) is 0 Å². The minimum absolute atomic E-state index is 0.0613. The van der Waals surface area contributed by atoms with Crippen LogP contribution in [0.4, 0.5) is 0 Å². The number of allylic oxidation sites excluding steroid dienone is 10. The van der Waals surface area contributed by atoms with Gasteiger partial charge < -0.3 is 64.2 Å². The average Bonchev–Trinajstić information content (AvgIpc) is 2.82. The van der Waals surface area contributed by atoms with Crippen LogP contribution in [0.1, 0.15) is 284 Å².